The minimum atomic E-state index is -0.631. The van der Waals surface area contributed by atoms with E-state index in [-0.39, 0.29) is 5.78 Å². The molecule has 0 unspecified atom stereocenters. The maximum Gasteiger partial charge on any atom is 0.176 e. The van der Waals surface area contributed by atoms with Gasteiger partial charge in [0.25, 0.3) is 0 Å². The van der Waals surface area contributed by atoms with Crippen LogP contribution >= 0.6 is 0 Å². The molecule has 0 amide bonds. The maximum absolute atomic E-state index is 12.4. The normalized spacial score (nSPS) is 11.3. The molecule has 4 rings (SSSR count). The minimum Gasteiger partial charge on any atom is -0.327 e. The fraction of sp³-hybridized carbons (Fsp3) is 0.0800. The van der Waals surface area contributed by atoms with Crippen molar-refractivity contribution < 1.29 is 4.79 Å². The number of Topliss-reactive ketones (excluding diaryl/α,β-unsaturated/α-hetero) is 1. The molecular weight excluding hydrogens is 330 g/mol. The zero-order chi connectivity index (χ0) is 18.7. The van der Waals surface area contributed by atoms with Crippen LogP contribution in [0.4, 0.5) is 0 Å². The lowest BCUT2D eigenvalue weighted by Crippen LogP contribution is -2.38. The lowest BCUT2D eigenvalue weighted by molar-refractivity contribution is 0.100. The Hall–Kier alpha value is -3.39. The van der Waals surface area contributed by atoms with Crippen LogP contribution in [-0.4, -0.2) is 10.4 Å². The van der Waals surface area contributed by atoms with Crippen LogP contribution in [-0.2, 0) is 5.54 Å². The second-order valence-corrected chi connectivity index (χ2v) is 6.63. The van der Waals surface area contributed by atoms with E-state index in [2.05, 4.69) is 41.0 Å². The number of ketones is 1. The quantitative estimate of drug-likeness (QED) is 0.342. The highest BCUT2D eigenvalue weighted by atomic mass is 16.1. The number of carbonyl (C=O) groups excluding carboxylic acids is 1. The summed E-state index contributed by atoms with van der Waals surface area (Å²) < 4.78 is 2.11. The van der Waals surface area contributed by atoms with Crippen LogP contribution in [0.25, 0.3) is 0 Å². The van der Waals surface area contributed by atoms with E-state index in [4.69, 9.17) is 0 Å². The van der Waals surface area contributed by atoms with Gasteiger partial charge in [-0.15, -0.1) is 0 Å². The Kier molecular flexibility index (Phi) is 4.47. The Morgan fingerprint density at radius 3 is 1.41 bits per heavy atom. The summed E-state index contributed by atoms with van der Waals surface area (Å²) in [5, 5.41) is 0. The summed E-state index contributed by atoms with van der Waals surface area (Å²) in [6.07, 6.45) is 2.00. The van der Waals surface area contributed by atoms with E-state index < -0.39 is 5.54 Å². The molecule has 0 radical (unpaired) electrons. The lowest BCUT2D eigenvalue weighted by atomic mass is 9.76. The maximum atomic E-state index is 12.4. The van der Waals surface area contributed by atoms with Gasteiger partial charge in [0.05, 0.1) is 5.69 Å². The SMILES string of the molecule is CC(=O)c1cccn1C(c1ccccc1)(c1ccccc1)c1ccccc1. The van der Waals surface area contributed by atoms with E-state index in [9.17, 15) is 4.79 Å². The Labute approximate surface area is 159 Å². The Morgan fingerprint density at radius 1 is 0.630 bits per heavy atom. The predicted molar refractivity (Wildman–Crippen MR) is 109 cm³/mol. The summed E-state index contributed by atoms with van der Waals surface area (Å²) >= 11 is 0. The van der Waals surface area contributed by atoms with Crippen LogP contribution < -0.4 is 0 Å². The number of aromatic nitrogens is 1. The first-order valence-corrected chi connectivity index (χ1v) is 9.10. The third-order valence-electron chi connectivity index (χ3n) is 5.05. The molecule has 0 spiro atoms. The second kappa shape index (κ2) is 7.08. The number of hydrogen-bond acceptors (Lipinski definition) is 1. The van der Waals surface area contributed by atoms with Gasteiger partial charge in [-0.05, 0) is 28.8 Å². The molecule has 0 fully saturated rings. The Morgan fingerprint density at radius 2 is 1.04 bits per heavy atom. The molecular formula is C25H21NO. The van der Waals surface area contributed by atoms with Crippen molar-refractivity contribution in [3.63, 3.8) is 0 Å². The fourth-order valence-electron chi connectivity index (χ4n) is 3.92. The standard InChI is InChI=1S/C25H21NO/c1-20(27)24-18-11-19-26(24)25(21-12-5-2-6-13-21,22-14-7-3-8-15-22)23-16-9-4-10-17-23/h2-19H,1H3. The molecule has 0 aliphatic carbocycles. The number of carbonyl (C=O) groups is 1. The molecule has 2 nitrogen and oxygen atoms in total. The number of nitrogens with zero attached hydrogens (tertiary/aromatic N) is 1. The molecule has 1 aromatic heterocycles. The van der Waals surface area contributed by atoms with Crippen LogP contribution in [0.5, 0.6) is 0 Å². The van der Waals surface area contributed by atoms with E-state index in [1.807, 2.05) is 72.9 Å². The van der Waals surface area contributed by atoms with Crippen LogP contribution in [0.1, 0.15) is 34.1 Å². The molecule has 0 bridgehead atoms. The Bertz CT molecular complexity index is 937. The number of benzene rings is 3. The van der Waals surface area contributed by atoms with Crippen molar-refractivity contribution in [2.45, 2.75) is 12.5 Å². The van der Waals surface area contributed by atoms with Gasteiger partial charge < -0.3 is 4.57 Å². The molecule has 0 atom stereocenters. The van der Waals surface area contributed by atoms with Crippen LogP contribution in [0, 0.1) is 0 Å². The van der Waals surface area contributed by atoms with Gasteiger partial charge in [-0.25, -0.2) is 0 Å². The molecule has 0 saturated heterocycles. The average molecular weight is 351 g/mol. The van der Waals surface area contributed by atoms with Crippen LogP contribution in [0.2, 0.25) is 0 Å². The van der Waals surface area contributed by atoms with Crippen LogP contribution in [0.3, 0.4) is 0 Å². The van der Waals surface area contributed by atoms with Crippen molar-refractivity contribution in [2.75, 3.05) is 0 Å². The summed E-state index contributed by atoms with van der Waals surface area (Å²) in [6.45, 7) is 1.62. The van der Waals surface area contributed by atoms with Gasteiger partial charge >= 0.3 is 0 Å². The molecule has 1 heterocycles. The highest BCUT2D eigenvalue weighted by Crippen LogP contribution is 2.41. The molecule has 0 aliphatic rings. The molecule has 0 saturated carbocycles. The monoisotopic (exact) mass is 351 g/mol. The van der Waals surface area contributed by atoms with E-state index in [1.54, 1.807) is 6.92 Å². The highest BCUT2D eigenvalue weighted by molar-refractivity contribution is 5.93. The van der Waals surface area contributed by atoms with Crippen molar-refractivity contribution in [3.8, 4) is 0 Å². The predicted octanol–water partition coefficient (Wildman–Crippen LogP) is 5.53. The zero-order valence-corrected chi connectivity index (χ0v) is 15.2. The molecule has 0 N–H and O–H groups in total. The third kappa shape index (κ3) is 2.80. The van der Waals surface area contributed by atoms with Gasteiger partial charge in [0.15, 0.2) is 5.78 Å². The van der Waals surface area contributed by atoms with E-state index in [0.717, 1.165) is 16.7 Å². The number of hydrogen-bond donors (Lipinski definition) is 0. The van der Waals surface area contributed by atoms with Gasteiger partial charge in [0.1, 0.15) is 5.54 Å². The van der Waals surface area contributed by atoms with Crippen molar-refractivity contribution >= 4 is 5.78 Å². The number of rotatable bonds is 5. The van der Waals surface area contributed by atoms with Gasteiger partial charge in [0.2, 0.25) is 0 Å². The van der Waals surface area contributed by atoms with Gasteiger partial charge in [-0.3, -0.25) is 4.79 Å². The lowest BCUT2D eigenvalue weighted by Gasteiger charge is -2.38. The molecule has 0 aliphatic heterocycles. The summed E-state index contributed by atoms with van der Waals surface area (Å²) in [4.78, 5) is 12.4. The topological polar surface area (TPSA) is 22.0 Å². The summed E-state index contributed by atoms with van der Waals surface area (Å²) in [5.74, 6) is 0.0483. The Balaban J connectivity index is 2.17. The molecule has 4 aromatic rings. The van der Waals surface area contributed by atoms with Crippen molar-refractivity contribution in [1.29, 1.82) is 0 Å². The molecule has 3 aromatic carbocycles. The van der Waals surface area contributed by atoms with Gasteiger partial charge in [0, 0.05) is 13.1 Å². The van der Waals surface area contributed by atoms with Crippen molar-refractivity contribution in [1.82, 2.24) is 4.57 Å². The smallest absolute Gasteiger partial charge is 0.176 e. The van der Waals surface area contributed by atoms with Crippen LogP contribution in [0.15, 0.2) is 109 Å². The first-order chi connectivity index (χ1) is 13.2. The second-order valence-electron chi connectivity index (χ2n) is 6.63. The fourth-order valence-corrected chi connectivity index (χ4v) is 3.92. The summed E-state index contributed by atoms with van der Waals surface area (Å²) in [5.41, 5.74) is 3.39. The zero-order valence-electron chi connectivity index (χ0n) is 15.2. The first kappa shape index (κ1) is 17.0. The molecule has 2 heteroatoms. The van der Waals surface area contributed by atoms with Gasteiger partial charge in [-0.2, -0.15) is 0 Å². The average Bonchev–Trinajstić information content (AvgIpc) is 3.22. The minimum absolute atomic E-state index is 0.0483. The molecule has 132 valence electrons. The molecule has 27 heavy (non-hydrogen) atoms. The largest absolute Gasteiger partial charge is 0.327 e. The first-order valence-electron chi connectivity index (χ1n) is 9.10. The summed E-state index contributed by atoms with van der Waals surface area (Å²) in [7, 11) is 0. The van der Waals surface area contributed by atoms with E-state index in [1.165, 1.54) is 0 Å². The van der Waals surface area contributed by atoms with Crippen molar-refractivity contribution in [3.05, 3.63) is 132 Å². The van der Waals surface area contributed by atoms with Crippen molar-refractivity contribution in [2.24, 2.45) is 0 Å². The highest BCUT2D eigenvalue weighted by Gasteiger charge is 2.39. The van der Waals surface area contributed by atoms with E-state index in [0.29, 0.717) is 5.69 Å². The summed E-state index contributed by atoms with van der Waals surface area (Å²) in [6, 6.07) is 35.0. The van der Waals surface area contributed by atoms with Gasteiger partial charge in [-0.1, -0.05) is 91.0 Å². The van der Waals surface area contributed by atoms with E-state index >= 15 is 0 Å². The third-order valence-corrected chi connectivity index (χ3v) is 5.05.